The number of phenolic OH excluding ortho intramolecular Hbond substituents is 1. The van der Waals surface area contributed by atoms with E-state index in [2.05, 4.69) is 4.98 Å². The highest BCUT2D eigenvalue weighted by Crippen LogP contribution is 2.29. The number of rotatable bonds is 1. The summed E-state index contributed by atoms with van der Waals surface area (Å²) in [5, 5.41) is 10.9. The quantitative estimate of drug-likeness (QED) is 0.697. The maximum absolute atomic E-state index is 11.8. The molecule has 0 saturated carbocycles. The molecular weight excluding hydrogens is 238 g/mol. The number of aromatic amines is 1. The molecular formula is C16H13NO2. The zero-order valence-corrected chi connectivity index (χ0v) is 10.5. The molecule has 1 heterocycles. The van der Waals surface area contributed by atoms with Gasteiger partial charge in [-0.1, -0.05) is 24.3 Å². The SMILES string of the molecule is Cc1ccccc1-c1c[nH]c(=O)c2cc(O)ccc12. The van der Waals surface area contributed by atoms with Gasteiger partial charge in [0.2, 0.25) is 0 Å². The summed E-state index contributed by atoms with van der Waals surface area (Å²) in [7, 11) is 0. The predicted molar refractivity (Wildman–Crippen MR) is 76.4 cm³/mol. The summed E-state index contributed by atoms with van der Waals surface area (Å²) in [4.78, 5) is 14.6. The Morgan fingerprint density at radius 3 is 2.58 bits per heavy atom. The molecule has 3 rings (SSSR count). The number of pyridine rings is 1. The van der Waals surface area contributed by atoms with Crippen molar-refractivity contribution in [2.24, 2.45) is 0 Å². The number of H-pyrrole nitrogens is 1. The van der Waals surface area contributed by atoms with Gasteiger partial charge in [-0.25, -0.2) is 0 Å². The van der Waals surface area contributed by atoms with Crippen LogP contribution in [0.3, 0.4) is 0 Å². The Morgan fingerprint density at radius 1 is 1.00 bits per heavy atom. The van der Waals surface area contributed by atoms with Gasteiger partial charge >= 0.3 is 0 Å². The van der Waals surface area contributed by atoms with E-state index < -0.39 is 0 Å². The topological polar surface area (TPSA) is 53.1 Å². The van der Waals surface area contributed by atoms with E-state index in [0.29, 0.717) is 5.39 Å². The van der Waals surface area contributed by atoms with Crippen molar-refractivity contribution >= 4 is 10.8 Å². The van der Waals surface area contributed by atoms with E-state index in [4.69, 9.17) is 0 Å². The molecule has 3 heteroatoms. The minimum absolute atomic E-state index is 0.0972. The van der Waals surface area contributed by atoms with Crippen LogP contribution in [0.5, 0.6) is 5.75 Å². The molecule has 0 bridgehead atoms. The minimum atomic E-state index is -0.191. The highest BCUT2D eigenvalue weighted by molar-refractivity contribution is 5.96. The smallest absolute Gasteiger partial charge is 0.255 e. The molecule has 19 heavy (non-hydrogen) atoms. The lowest BCUT2D eigenvalue weighted by Gasteiger charge is -2.09. The second kappa shape index (κ2) is 4.28. The van der Waals surface area contributed by atoms with Crippen LogP contribution in [-0.4, -0.2) is 10.1 Å². The number of aryl methyl sites for hydroxylation is 1. The molecule has 94 valence electrons. The van der Waals surface area contributed by atoms with Crippen LogP contribution in [0.15, 0.2) is 53.5 Å². The first-order valence-corrected chi connectivity index (χ1v) is 6.07. The second-order valence-corrected chi connectivity index (χ2v) is 4.58. The van der Waals surface area contributed by atoms with Gasteiger partial charge in [0.05, 0.1) is 5.39 Å². The predicted octanol–water partition coefficient (Wildman–Crippen LogP) is 3.21. The van der Waals surface area contributed by atoms with Crippen LogP contribution in [0, 0.1) is 6.92 Å². The van der Waals surface area contributed by atoms with E-state index in [-0.39, 0.29) is 11.3 Å². The fourth-order valence-corrected chi connectivity index (χ4v) is 2.35. The van der Waals surface area contributed by atoms with E-state index >= 15 is 0 Å². The average Bonchev–Trinajstić information content (AvgIpc) is 2.41. The highest BCUT2D eigenvalue weighted by atomic mass is 16.3. The van der Waals surface area contributed by atoms with E-state index in [1.54, 1.807) is 18.3 Å². The van der Waals surface area contributed by atoms with Crippen LogP contribution in [0.4, 0.5) is 0 Å². The monoisotopic (exact) mass is 251 g/mol. The van der Waals surface area contributed by atoms with Gasteiger partial charge in [0.25, 0.3) is 5.56 Å². The number of hydrogen-bond acceptors (Lipinski definition) is 2. The van der Waals surface area contributed by atoms with Crippen molar-refractivity contribution in [3.05, 3.63) is 64.6 Å². The molecule has 0 aliphatic heterocycles. The Morgan fingerprint density at radius 2 is 1.79 bits per heavy atom. The highest BCUT2D eigenvalue weighted by Gasteiger charge is 2.09. The fraction of sp³-hybridized carbons (Fsp3) is 0.0625. The number of benzene rings is 2. The number of aromatic hydroxyl groups is 1. The number of fused-ring (bicyclic) bond motifs is 1. The minimum Gasteiger partial charge on any atom is -0.508 e. The first-order chi connectivity index (χ1) is 9.16. The van der Waals surface area contributed by atoms with E-state index in [0.717, 1.165) is 22.1 Å². The molecule has 0 aliphatic carbocycles. The zero-order chi connectivity index (χ0) is 13.4. The summed E-state index contributed by atoms with van der Waals surface area (Å²) in [6.07, 6.45) is 1.73. The molecule has 2 N–H and O–H groups in total. The summed E-state index contributed by atoms with van der Waals surface area (Å²) in [6.45, 7) is 2.03. The lowest BCUT2D eigenvalue weighted by atomic mass is 9.97. The Bertz CT molecular complexity index is 818. The van der Waals surface area contributed by atoms with Gasteiger partial charge < -0.3 is 10.1 Å². The van der Waals surface area contributed by atoms with Crippen LogP contribution in [-0.2, 0) is 0 Å². The molecule has 0 saturated heterocycles. The Kier molecular flexibility index (Phi) is 2.60. The van der Waals surface area contributed by atoms with Gasteiger partial charge in [0.15, 0.2) is 0 Å². The fourth-order valence-electron chi connectivity index (χ4n) is 2.35. The standard InChI is InChI=1S/C16H13NO2/c1-10-4-2-3-5-12(10)15-9-17-16(19)14-8-11(18)6-7-13(14)15/h2-9,18H,1H3,(H,17,19). The van der Waals surface area contributed by atoms with E-state index in [1.807, 2.05) is 31.2 Å². The van der Waals surface area contributed by atoms with Gasteiger partial charge in [-0.15, -0.1) is 0 Å². The lowest BCUT2D eigenvalue weighted by Crippen LogP contribution is -2.05. The molecule has 0 radical (unpaired) electrons. The summed E-state index contributed by atoms with van der Waals surface area (Å²) in [5.41, 5.74) is 2.99. The van der Waals surface area contributed by atoms with Crippen LogP contribution < -0.4 is 5.56 Å². The largest absolute Gasteiger partial charge is 0.508 e. The van der Waals surface area contributed by atoms with E-state index in [1.165, 1.54) is 6.07 Å². The lowest BCUT2D eigenvalue weighted by molar-refractivity contribution is 0.476. The van der Waals surface area contributed by atoms with Gasteiger partial charge in [0, 0.05) is 11.8 Å². The average molecular weight is 251 g/mol. The maximum Gasteiger partial charge on any atom is 0.255 e. The van der Waals surface area contributed by atoms with Crippen molar-refractivity contribution in [3.8, 4) is 16.9 Å². The van der Waals surface area contributed by atoms with Crippen molar-refractivity contribution in [2.75, 3.05) is 0 Å². The number of hydrogen-bond donors (Lipinski definition) is 2. The second-order valence-electron chi connectivity index (χ2n) is 4.58. The third kappa shape index (κ3) is 1.89. The first-order valence-electron chi connectivity index (χ1n) is 6.07. The molecule has 0 fully saturated rings. The Labute approximate surface area is 110 Å². The van der Waals surface area contributed by atoms with Crippen molar-refractivity contribution in [1.29, 1.82) is 0 Å². The van der Waals surface area contributed by atoms with Crippen molar-refractivity contribution in [2.45, 2.75) is 6.92 Å². The van der Waals surface area contributed by atoms with E-state index in [9.17, 15) is 9.90 Å². The Balaban J connectivity index is 2.41. The van der Waals surface area contributed by atoms with Gasteiger partial charge in [0.1, 0.15) is 5.75 Å². The molecule has 0 atom stereocenters. The van der Waals surface area contributed by atoms with Crippen molar-refractivity contribution in [1.82, 2.24) is 4.98 Å². The van der Waals surface area contributed by atoms with Gasteiger partial charge in [-0.2, -0.15) is 0 Å². The summed E-state index contributed by atoms with van der Waals surface area (Å²) < 4.78 is 0. The molecule has 0 spiro atoms. The van der Waals surface area contributed by atoms with Crippen molar-refractivity contribution in [3.63, 3.8) is 0 Å². The van der Waals surface area contributed by atoms with Crippen LogP contribution in [0.1, 0.15) is 5.56 Å². The molecule has 1 aromatic heterocycles. The Hall–Kier alpha value is -2.55. The van der Waals surface area contributed by atoms with Crippen LogP contribution in [0.25, 0.3) is 21.9 Å². The third-order valence-corrected chi connectivity index (χ3v) is 3.32. The molecule has 2 aromatic carbocycles. The summed E-state index contributed by atoms with van der Waals surface area (Å²) in [6, 6.07) is 12.9. The molecule has 3 nitrogen and oxygen atoms in total. The third-order valence-electron chi connectivity index (χ3n) is 3.32. The van der Waals surface area contributed by atoms with Crippen LogP contribution in [0.2, 0.25) is 0 Å². The number of aromatic nitrogens is 1. The number of phenols is 1. The van der Waals surface area contributed by atoms with Gasteiger partial charge in [-0.3, -0.25) is 4.79 Å². The first kappa shape index (κ1) is 11.5. The summed E-state index contributed by atoms with van der Waals surface area (Å²) >= 11 is 0. The van der Waals surface area contributed by atoms with Crippen molar-refractivity contribution < 1.29 is 5.11 Å². The number of nitrogens with one attached hydrogen (secondary N) is 1. The molecule has 0 amide bonds. The van der Waals surface area contributed by atoms with Gasteiger partial charge in [-0.05, 0) is 41.6 Å². The maximum atomic E-state index is 11.8. The van der Waals surface area contributed by atoms with Crippen LogP contribution >= 0.6 is 0 Å². The molecule has 0 aliphatic rings. The molecule has 3 aromatic rings. The molecule has 0 unspecified atom stereocenters. The normalized spacial score (nSPS) is 10.8. The summed E-state index contributed by atoms with van der Waals surface area (Å²) in [5.74, 6) is 0.0972. The zero-order valence-electron chi connectivity index (χ0n) is 10.5.